The molecule has 122 valence electrons. The monoisotopic (exact) mass is 379 g/mol. The molecular formula is C16H11Cl2N3O2S. The molecule has 0 spiro atoms. The number of rotatable bonds is 4. The Kier molecular flexibility index (Phi) is 4.99. The molecule has 3 aromatic rings. The van der Waals surface area contributed by atoms with Gasteiger partial charge in [0.2, 0.25) is 0 Å². The predicted molar refractivity (Wildman–Crippen MR) is 96.3 cm³/mol. The van der Waals surface area contributed by atoms with Gasteiger partial charge in [0.15, 0.2) is 5.13 Å². The molecule has 8 heteroatoms. The van der Waals surface area contributed by atoms with Crippen LogP contribution < -0.4 is 10.9 Å². The Labute approximate surface area is 151 Å². The molecule has 0 aliphatic rings. The predicted octanol–water partition coefficient (Wildman–Crippen LogP) is 3.91. The van der Waals surface area contributed by atoms with E-state index in [1.54, 1.807) is 42.0 Å². The number of thiazole rings is 1. The van der Waals surface area contributed by atoms with E-state index < -0.39 is 11.5 Å². The molecule has 0 bridgehead atoms. The number of aromatic nitrogens is 2. The van der Waals surface area contributed by atoms with E-state index in [1.807, 2.05) is 0 Å². The van der Waals surface area contributed by atoms with Gasteiger partial charge in [0.25, 0.3) is 11.5 Å². The number of nitrogens with zero attached hydrogens (tertiary/aromatic N) is 2. The summed E-state index contributed by atoms with van der Waals surface area (Å²) in [5.41, 5.74) is 0.221. The molecule has 2 heterocycles. The van der Waals surface area contributed by atoms with Gasteiger partial charge in [-0.1, -0.05) is 29.3 Å². The van der Waals surface area contributed by atoms with Gasteiger partial charge in [0.05, 0.1) is 6.54 Å². The summed E-state index contributed by atoms with van der Waals surface area (Å²) in [6, 6.07) is 8.23. The first-order chi connectivity index (χ1) is 11.6. The highest BCUT2D eigenvalue weighted by Gasteiger charge is 2.15. The maximum absolute atomic E-state index is 12.6. The average Bonchev–Trinajstić information content (AvgIpc) is 3.05. The van der Waals surface area contributed by atoms with Crippen molar-refractivity contribution in [3.8, 4) is 0 Å². The molecule has 0 aliphatic carbocycles. The molecule has 0 unspecified atom stereocenters. The summed E-state index contributed by atoms with van der Waals surface area (Å²) in [6.07, 6.45) is 3.16. The lowest BCUT2D eigenvalue weighted by atomic mass is 10.2. The fraction of sp³-hybridized carbons (Fsp3) is 0.0625. The van der Waals surface area contributed by atoms with Gasteiger partial charge in [-0.3, -0.25) is 14.9 Å². The van der Waals surface area contributed by atoms with Crippen LogP contribution in [0.2, 0.25) is 10.0 Å². The van der Waals surface area contributed by atoms with Crippen molar-refractivity contribution in [1.29, 1.82) is 0 Å². The van der Waals surface area contributed by atoms with Gasteiger partial charge in [0.1, 0.15) is 5.56 Å². The fourth-order valence-corrected chi connectivity index (χ4v) is 3.18. The Bertz CT molecular complexity index is 918. The minimum Gasteiger partial charge on any atom is -0.310 e. The van der Waals surface area contributed by atoms with Crippen LogP contribution in [-0.2, 0) is 6.54 Å². The molecule has 1 aromatic carbocycles. The summed E-state index contributed by atoms with van der Waals surface area (Å²) in [5.74, 6) is -0.505. The lowest BCUT2D eigenvalue weighted by molar-refractivity contribution is 0.102. The molecule has 1 N–H and O–H groups in total. The summed E-state index contributed by atoms with van der Waals surface area (Å²) in [7, 11) is 0. The quantitative estimate of drug-likeness (QED) is 0.747. The van der Waals surface area contributed by atoms with Crippen LogP contribution in [0.25, 0.3) is 0 Å². The van der Waals surface area contributed by atoms with E-state index in [9.17, 15) is 9.59 Å². The summed E-state index contributed by atoms with van der Waals surface area (Å²) >= 11 is 13.6. The third-order valence-electron chi connectivity index (χ3n) is 3.31. The molecule has 1 amide bonds. The van der Waals surface area contributed by atoms with Crippen LogP contribution in [0.4, 0.5) is 5.13 Å². The normalized spacial score (nSPS) is 10.6. The van der Waals surface area contributed by atoms with E-state index in [0.29, 0.717) is 20.7 Å². The summed E-state index contributed by atoms with van der Waals surface area (Å²) in [5, 5.41) is 5.69. The Morgan fingerprint density at radius 2 is 1.96 bits per heavy atom. The molecule has 24 heavy (non-hydrogen) atoms. The van der Waals surface area contributed by atoms with E-state index >= 15 is 0 Å². The van der Waals surface area contributed by atoms with Gasteiger partial charge >= 0.3 is 0 Å². The van der Waals surface area contributed by atoms with E-state index in [2.05, 4.69) is 10.3 Å². The zero-order valence-electron chi connectivity index (χ0n) is 12.2. The van der Waals surface area contributed by atoms with Crippen molar-refractivity contribution >= 4 is 45.6 Å². The van der Waals surface area contributed by atoms with Crippen LogP contribution in [-0.4, -0.2) is 15.5 Å². The van der Waals surface area contributed by atoms with Gasteiger partial charge in [0, 0.05) is 33.4 Å². The minimum absolute atomic E-state index is 0.0240. The molecule has 0 atom stereocenters. The number of hydrogen-bond donors (Lipinski definition) is 1. The molecule has 0 saturated carbocycles. The van der Waals surface area contributed by atoms with Crippen LogP contribution in [0.3, 0.4) is 0 Å². The van der Waals surface area contributed by atoms with Crippen LogP contribution >= 0.6 is 34.5 Å². The molecule has 0 aliphatic heterocycles. The van der Waals surface area contributed by atoms with Gasteiger partial charge in [-0.25, -0.2) is 4.98 Å². The number of carbonyl (C=O) groups is 1. The third kappa shape index (κ3) is 3.51. The van der Waals surface area contributed by atoms with Crippen LogP contribution in [0.5, 0.6) is 0 Å². The van der Waals surface area contributed by atoms with Crippen molar-refractivity contribution in [3.63, 3.8) is 0 Å². The molecule has 0 saturated heterocycles. The summed E-state index contributed by atoms with van der Waals surface area (Å²) in [6.45, 7) is 0.176. The second kappa shape index (κ2) is 7.17. The van der Waals surface area contributed by atoms with Crippen molar-refractivity contribution in [2.75, 3.05) is 5.32 Å². The second-order valence-corrected chi connectivity index (χ2v) is 6.56. The van der Waals surface area contributed by atoms with Crippen molar-refractivity contribution in [1.82, 2.24) is 9.55 Å². The molecule has 5 nitrogen and oxygen atoms in total. The van der Waals surface area contributed by atoms with E-state index in [0.717, 1.165) is 0 Å². The number of nitrogens with one attached hydrogen (secondary N) is 1. The number of pyridine rings is 1. The maximum atomic E-state index is 12.6. The molecule has 3 rings (SSSR count). The van der Waals surface area contributed by atoms with Crippen molar-refractivity contribution in [2.45, 2.75) is 6.54 Å². The van der Waals surface area contributed by atoms with Gasteiger partial charge in [-0.05, 0) is 24.3 Å². The van der Waals surface area contributed by atoms with Gasteiger partial charge < -0.3 is 4.57 Å². The average molecular weight is 380 g/mol. The number of anilines is 1. The standard InChI is InChI=1S/C16H11Cl2N3O2S/c17-12-4-1-5-13(18)11(12)9-21-7-2-3-10(15(21)23)14(22)20-16-19-6-8-24-16/h1-8H,9H2,(H,19,20,22). The van der Waals surface area contributed by atoms with E-state index in [1.165, 1.54) is 22.0 Å². The maximum Gasteiger partial charge on any atom is 0.263 e. The highest BCUT2D eigenvalue weighted by atomic mass is 35.5. The first kappa shape index (κ1) is 16.7. The number of hydrogen-bond acceptors (Lipinski definition) is 4. The van der Waals surface area contributed by atoms with E-state index in [-0.39, 0.29) is 12.1 Å². The summed E-state index contributed by atoms with van der Waals surface area (Å²) < 4.78 is 1.39. The highest BCUT2D eigenvalue weighted by Crippen LogP contribution is 2.24. The van der Waals surface area contributed by atoms with Crippen molar-refractivity contribution in [3.05, 3.63) is 79.6 Å². The largest absolute Gasteiger partial charge is 0.310 e. The number of amides is 1. The fourth-order valence-electron chi connectivity index (χ4n) is 2.14. The number of halogens is 2. The lowest BCUT2D eigenvalue weighted by Gasteiger charge is -2.10. The number of carbonyl (C=O) groups excluding carboxylic acids is 1. The van der Waals surface area contributed by atoms with Crippen LogP contribution in [0, 0.1) is 0 Å². The molecule has 0 radical (unpaired) electrons. The topological polar surface area (TPSA) is 64.0 Å². The molecular weight excluding hydrogens is 369 g/mol. The van der Waals surface area contributed by atoms with Crippen LogP contribution in [0.15, 0.2) is 52.9 Å². The zero-order chi connectivity index (χ0) is 17.1. The Hall–Kier alpha value is -2.15. The van der Waals surface area contributed by atoms with Gasteiger partial charge in [-0.2, -0.15) is 0 Å². The second-order valence-electron chi connectivity index (χ2n) is 4.85. The highest BCUT2D eigenvalue weighted by molar-refractivity contribution is 7.13. The zero-order valence-corrected chi connectivity index (χ0v) is 14.5. The van der Waals surface area contributed by atoms with Gasteiger partial charge in [-0.15, -0.1) is 11.3 Å². The third-order valence-corrected chi connectivity index (χ3v) is 4.70. The number of benzene rings is 1. The smallest absolute Gasteiger partial charge is 0.263 e. The lowest BCUT2D eigenvalue weighted by Crippen LogP contribution is -2.29. The minimum atomic E-state index is -0.505. The van der Waals surface area contributed by atoms with E-state index in [4.69, 9.17) is 23.2 Å². The Morgan fingerprint density at radius 1 is 1.21 bits per heavy atom. The van der Waals surface area contributed by atoms with Crippen LogP contribution in [0.1, 0.15) is 15.9 Å². The summed E-state index contributed by atoms with van der Waals surface area (Å²) in [4.78, 5) is 28.8. The first-order valence-corrected chi connectivity index (χ1v) is 8.53. The Morgan fingerprint density at radius 3 is 2.62 bits per heavy atom. The first-order valence-electron chi connectivity index (χ1n) is 6.89. The Balaban J connectivity index is 1.91. The van der Waals surface area contributed by atoms with Crippen molar-refractivity contribution < 1.29 is 4.79 Å². The molecule has 0 fully saturated rings. The van der Waals surface area contributed by atoms with Crippen molar-refractivity contribution in [2.24, 2.45) is 0 Å². The SMILES string of the molecule is O=C(Nc1nccs1)c1cccn(Cc2c(Cl)cccc2Cl)c1=O. The molecule has 2 aromatic heterocycles.